The molecule has 1 N–H and O–H groups in total. The molecule has 136 valence electrons. The zero-order chi connectivity index (χ0) is 18.9. The van der Waals surface area contributed by atoms with E-state index in [0.717, 1.165) is 10.9 Å². The van der Waals surface area contributed by atoms with E-state index in [-0.39, 0.29) is 12.2 Å². The minimum Gasteiger partial charge on any atom is -0.317 e. The lowest BCUT2D eigenvalue weighted by atomic mass is 10.3. The second-order valence-corrected chi connectivity index (χ2v) is 5.58. The van der Waals surface area contributed by atoms with Crippen LogP contribution in [-0.4, -0.2) is 30.7 Å². The lowest BCUT2D eigenvalue weighted by Crippen LogP contribution is -2.19. The summed E-state index contributed by atoms with van der Waals surface area (Å²) in [6.07, 6.45) is -2.44. The maximum absolute atomic E-state index is 13.2. The summed E-state index contributed by atoms with van der Waals surface area (Å²) >= 11 is 6.04. The molecule has 0 fully saturated rings. The molecule has 0 atom stereocenters. The van der Waals surface area contributed by atoms with E-state index < -0.39 is 23.5 Å². The third-order valence-corrected chi connectivity index (χ3v) is 3.80. The maximum Gasteiger partial charge on any atom is 0.435 e. The molecule has 0 saturated heterocycles. The summed E-state index contributed by atoms with van der Waals surface area (Å²) in [7, 11) is 0. The average molecular weight is 385 g/mol. The summed E-state index contributed by atoms with van der Waals surface area (Å²) in [4.78, 5) is 12.3. The molecule has 3 rings (SSSR count). The third-order valence-electron chi connectivity index (χ3n) is 3.48. The molecule has 0 saturated carbocycles. The molecule has 3 aromatic rings. The number of hydrogen-bond acceptors (Lipinski definition) is 4. The summed E-state index contributed by atoms with van der Waals surface area (Å²) in [5.41, 5.74) is -1.17. The van der Waals surface area contributed by atoms with Gasteiger partial charge < -0.3 is 5.32 Å². The molecule has 0 spiro atoms. The van der Waals surface area contributed by atoms with Crippen LogP contribution in [0.2, 0.25) is 5.02 Å². The normalized spacial score (nSPS) is 11.6. The number of hydrogen-bond donors (Lipinski definition) is 1. The predicted molar refractivity (Wildman–Crippen MR) is 87.2 cm³/mol. The Morgan fingerprint density at radius 2 is 2.04 bits per heavy atom. The first kappa shape index (κ1) is 17.9. The van der Waals surface area contributed by atoms with Crippen molar-refractivity contribution in [3.8, 4) is 5.69 Å². The summed E-state index contributed by atoms with van der Waals surface area (Å²) in [5.74, 6) is -0.843. The highest BCUT2D eigenvalue weighted by Crippen LogP contribution is 2.34. The van der Waals surface area contributed by atoms with E-state index in [9.17, 15) is 18.0 Å². The largest absolute Gasteiger partial charge is 0.435 e. The molecular formula is C15H12ClF3N6O. The van der Waals surface area contributed by atoms with Crippen LogP contribution in [0.25, 0.3) is 5.69 Å². The Morgan fingerprint density at radius 1 is 1.31 bits per heavy atom. The quantitative estimate of drug-likeness (QED) is 0.747. The van der Waals surface area contributed by atoms with Gasteiger partial charge in [-0.05, 0) is 19.1 Å². The number of anilines is 1. The van der Waals surface area contributed by atoms with Crippen LogP contribution in [0.3, 0.4) is 0 Å². The summed E-state index contributed by atoms with van der Waals surface area (Å²) < 4.78 is 41.6. The fraction of sp³-hybridized carbons (Fsp3) is 0.200. The lowest BCUT2D eigenvalue weighted by molar-refractivity contribution is -0.143. The number of rotatable bonds is 4. The van der Waals surface area contributed by atoms with Gasteiger partial charge in [0, 0.05) is 6.54 Å². The maximum atomic E-state index is 13.2. The molecule has 1 aromatic carbocycles. The molecule has 11 heteroatoms. The van der Waals surface area contributed by atoms with Crippen LogP contribution in [0.15, 0.2) is 36.7 Å². The Morgan fingerprint density at radius 3 is 2.69 bits per heavy atom. The number of nitrogens with zero attached hydrogens (tertiary/aromatic N) is 5. The van der Waals surface area contributed by atoms with Gasteiger partial charge in [-0.1, -0.05) is 28.9 Å². The van der Waals surface area contributed by atoms with Gasteiger partial charge in [0.25, 0.3) is 5.91 Å². The van der Waals surface area contributed by atoms with E-state index in [0.29, 0.717) is 10.7 Å². The number of carbonyl (C=O) groups excluding carboxylic acids is 1. The van der Waals surface area contributed by atoms with E-state index in [1.165, 1.54) is 17.8 Å². The van der Waals surface area contributed by atoms with Gasteiger partial charge in [-0.3, -0.25) is 9.48 Å². The number of aromatic nitrogens is 5. The molecule has 2 aromatic heterocycles. The van der Waals surface area contributed by atoms with E-state index in [1.807, 2.05) is 0 Å². The Kier molecular flexibility index (Phi) is 4.68. The van der Waals surface area contributed by atoms with Crippen molar-refractivity contribution in [1.29, 1.82) is 0 Å². The van der Waals surface area contributed by atoms with Gasteiger partial charge in [0.1, 0.15) is 0 Å². The highest BCUT2D eigenvalue weighted by molar-refractivity contribution is 6.32. The molecule has 7 nitrogen and oxygen atoms in total. The molecule has 1 amide bonds. The predicted octanol–water partition coefficient (Wildman–Crippen LogP) is 3.41. The first-order chi connectivity index (χ1) is 12.3. The van der Waals surface area contributed by atoms with Gasteiger partial charge in [-0.15, -0.1) is 5.10 Å². The average Bonchev–Trinajstić information content (AvgIpc) is 3.21. The Bertz CT molecular complexity index is 949. The number of halogens is 4. The minimum absolute atomic E-state index is 0.00734. The standard InChI is InChI=1S/C15H12ClF3N6O/c1-2-24-13(15(17,18)19)10(7-20-24)21-14(26)11-8-25(23-22-11)12-6-4-3-5-9(12)16/h3-8H,2H2,1H3,(H,21,26). The second-order valence-electron chi connectivity index (χ2n) is 5.17. The fourth-order valence-electron chi connectivity index (χ4n) is 2.33. The van der Waals surface area contributed by atoms with Crippen LogP contribution in [0.5, 0.6) is 0 Å². The van der Waals surface area contributed by atoms with Gasteiger partial charge in [-0.25, -0.2) is 4.68 Å². The fourth-order valence-corrected chi connectivity index (χ4v) is 2.55. The van der Waals surface area contributed by atoms with E-state index in [2.05, 4.69) is 20.7 Å². The zero-order valence-corrected chi connectivity index (χ0v) is 14.1. The van der Waals surface area contributed by atoms with Crippen molar-refractivity contribution in [3.05, 3.63) is 53.1 Å². The van der Waals surface area contributed by atoms with Crippen LogP contribution in [0.4, 0.5) is 18.9 Å². The molecule has 0 aliphatic carbocycles. The lowest BCUT2D eigenvalue weighted by Gasteiger charge is -2.11. The SMILES string of the molecule is CCn1ncc(NC(=O)c2cn(-c3ccccc3Cl)nn2)c1C(F)(F)F. The van der Waals surface area contributed by atoms with Crippen molar-refractivity contribution in [2.45, 2.75) is 19.6 Å². The first-order valence-electron chi connectivity index (χ1n) is 7.43. The summed E-state index contributed by atoms with van der Waals surface area (Å²) in [6, 6.07) is 6.73. The molecule has 2 heterocycles. The molecule has 0 aliphatic heterocycles. The summed E-state index contributed by atoms with van der Waals surface area (Å²) in [6.45, 7) is 1.52. The Hall–Kier alpha value is -2.88. The zero-order valence-electron chi connectivity index (χ0n) is 13.3. The molecule has 0 unspecified atom stereocenters. The number of nitrogens with one attached hydrogen (secondary N) is 1. The van der Waals surface area contributed by atoms with E-state index in [1.54, 1.807) is 24.3 Å². The number of benzene rings is 1. The van der Waals surface area contributed by atoms with E-state index in [4.69, 9.17) is 11.6 Å². The molecular weight excluding hydrogens is 373 g/mol. The van der Waals surface area contributed by atoms with Crippen LogP contribution in [0.1, 0.15) is 23.1 Å². The first-order valence-corrected chi connectivity index (χ1v) is 7.80. The van der Waals surface area contributed by atoms with Crippen molar-refractivity contribution in [1.82, 2.24) is 24.8 Å². The monoisotopic (exact) mass is 384 g/mol. The Labute approximate surface area is 150 Å². The number of aryl methyl sites for hydroxylation is 1. The van der Waals surface area contributed by atoms with Gasteiger partial charge in [-0.2, -0.15) is 18.3 Å². The number of carbonyl (C=O) groups is 1. The van der Waals surface area contributed by atoms with Crippen molar-refractivity contribution in [3.63, 3.8) is 0 Å². The number of alkyl halides is 3. The number of amides is 1. The van der Waals surface area contributed by atoms with Crippen LogP contribution < -0.4 is 5.32 Å². The van der Waals surface area contributed by atoms with Crippen LogP contribution >= 0.6 is 11.6 Å². The van der Waals surface area contributed by atoms with Crippen molar-refractivity contribution < 1.29 is 18.0 Å². The van der Waals surface area contributed by atoms with Gasteiger partial charge in [0.15, 0.2) is 11.4 Å². The van der Waals surface area contributed by atoms with E-state index >= 15 is 0 Å². The Balaban J connectivity index is 1.87. The van der Waals surface area contributed by atoms with Gasteiger partial charge in [0.2, 0.25) is 0 Å². The molecule has 0 aliphatic rings. The van der Waals surface area contributed by atoms with Crippen LogP contribution in [-0.2, 0) is 12.7 Å². The highest BCUT2D eigenvalue weighted by atomic mass is 35.5. The minimum atomic E-state index is -4.66. The second kappa shape index (κ2) is 6.79. The number of para-hydroxylation sites is 1. The highest BCUT2D eigenvalue weighted by Gasteiger charge is 2.38. The molecule has 0 bridgehead atoms. The van der Waals surface area contributed by atoms with Crippen LogP contribution in [0, 0.1) is 0 Å². The van der Waals surface area contributed by atoms with Crippen molar-refractivity contribution in [2.24, 2.45) is 0 Å². The van der Waals surface area contributed by atoms with Gasteiger partial charge in [0.05, 0.1) is 28.8 Å². The topological polar surface area (TPSA) is 77.6 Å². The molecule has 26 heavy (non-hydrogen) atoms. The smallest absolute Gasteiger partial charge is 0.317 e. The van der Waals surface area contributed by atoms with Crippen molar-refractivity contribution >= 4 is 23.2 Å². The molecule has 0 radical (unpaired) electrons. The summed E-state index contributed by atoms with van der Waals surface area (Å²) in [5, 5.41) is 13.7. The third kappa shape index (κ3) is 3.40. The van der Waals surface area contributed by atoms with Crippen molar-refractivity contribution in [2.75, 3.05) is 5.32 Å². The van der Waals surface area contributed by atoms with Gasteiger partial charge >= 0.3 is 6.18 Å².